The highest BCUT2D eigenvalue weighted by Crippen LogP contribution is 2.24. The molecule has 2 heterocycles. The molecule has 2 rings (SSSR count). The van der Waals surface area contributed by atoms with Gasteiger partial charge in [0, 0.05) is 30.9 Å². The molecule has 0 aromatic carbocycles. The van der Waals surface area contributed by atoms with Gasteiger partial charge in [0.25, 0.3) is 0 Å². The average molecular weight is 290 g/mol. The Morgan fingerprint density at radius 2 is 2.05 bits per heavy atom. The second-order valence-corrected chi connectivity index (χ2v) is 7.08. The number of nitrogens with one attached hydrogen (secondary N) is 1. The van der Waals surface area contributed by atoms with E-state index < -0.39 is 0 Å². The fourth-order valence-corrected chi connectivity index (χ4v) is 2.88. The minimum Gasteiger partial charge on any atom is -0.352 e. The van der Waals surface area contributed by atoms with Crippen LogP contribution >= 0.6 is 0 Å². The van der Waals surface area contributed by atoms with E-state index in [0.717, 1.165) is 24.6 Å². The predicted octanol–water partition coefficient (Wildman–Crippen LogP) is 3.52. The Morgan fingerprint density at radius 3 is 2.76 bits per heavy atom. The molecule has 0 saturated carbocycles. The Bertz CT molecular complexity index is 439. The van der Waals surface area contributed by atoms with Crippen molar-refractivity contribution in [2.75, 3.05) is 11.4 Å². The molecule has 0 bridgehead atoms. The van der Waals surface area contributed by atoms with Crippen molar-refractivity contribution in [2.45, 2.75) is 77.9 Å². The molecule has 1 aliphatic rings. The van der Waals surface area contributed by atoms with Crippen molar-refractivity contribution in [3.05, 3.63) is 18.1 Å². The fraction of sp³-hybridized carbons (Fsp3) is 0.765. The van der Waals surface area contributed by atoms with Gasteiger partial charge in [0.05, 0.1) is 11.9 Å². The van der Waals surface area contributed by atoms with Crippen molar-refractivity contribution in [1.82, 2.24) is 15.3 Å². The predicted molar refractivity (Wildman–Crippen MR) is 88.5 cm³/mol. The van der Waals surface area contributed by atoms with Crippen molar-refractivity contribution >= 4 is 5.82 Å². The van der Waals surface area contributed by atoms with E-state index in [0.29, 0.717) is 6.04 Å². The second kappa shape index (κ2) is 7.21. The second-order valence-electron chi connectivity index (χ2n) is 7.08. The number of anilines is 1. The summed E-state index contributed by atoms with van der Waals surface area (Å²) < 4.78 is 0. The molecule has 1 aromatic rings. The molecular weight excluding hydrogens is 260 g/mol. The Labute approximate surface area is 129 Å². The highest BCUT2D eigenvalue weighted by molar-refractivity contribution is 5.38. The Hall–Kier alpha value is -1.16. The molecule has 0 aliphatic carbocycles. The first kappa shape index (κ1) is 16.2. The van der Waals surface area contributed by atoms with Crippen LogP contribution in [0.2, 0.25) is 0 Å². The average Bonchev–Trinajstić information content (AvgIpc) is 2.70. The zero-order chi connectivity index (χ0) is 15.3. The van der Waals surface area contributed by atoms with E-state index in [1.165, 1.54) is 32.1 Å². The van der Waals surface area contributed by atoms with Crippen LogP contribution in [0.25, 0.3) is 0 Å². The minimum absolute atomic E-state index is 0.103. The van der Waals surface area contributed by atoms with Gasteiger partial charge in [-0.25, -0.2) is 4.98 Å². The summed E-state index contributed by atoms with van der Waals surface area (Å²) in [5, 5.41) is 3.48. The summed E-state index contributed by atoms with van der Waals surface area (Å²) in [7, 11) is 0. The maximum atomic E-state index is 4.84. The van der Waals surface area contributed by atoms with Crippen LogP contribution in [0.5, 0.6) is 0 Å². The monoisotopic (exact) mass is 290 g/mol. The van der Waals surface area contributed by atoms with Crippen LogP contribution in [0.4, 0.5) is 5.82 Å². The highest BCUT2D eigenvalue weighted by atomic mass is 15.2. The molecule has 1 saturated heterocycles. The molecule has 1 aliphatic heterocycles. The van der Waals surface area contributed by atoms with Crippen LogP contribution in [0, 0.1) is 0 Å². The van der Waals surface area contributed by atoms with E-state index in [4.69, 9.17) is 4.98 Å². The summed E-state index contributed by atoms with van der Waals surface area (Å²) in [6.45, 7) is 10.7. The zero-order valence-electron chi connectivity index (χ0n) is 14.0. The molecule has 4 heteroatoms. The van der Waals surface area contributed by atoms with Crippen molar-refractivity contribution in [2.24, 2.45) is 0 Å². The molecular formula is C17H30N4. The Balaban J connectivity index is 2.11. The van der Waals surface area contributed by atoms with Crippen molar-refractivity contribution < 1.29 is 0 Å². The van der Waals surface area contributed by atoms with E-state index >= 15 is 0 Å². The van der Waals surface area contributed by atoms with Crippen LogP contribution < -0.4 is 10.2 Å². The number of nitrogens with zero attached hydrogens (tertiary/aromatic N) is 3. The third kappa shape index (κ3) is 4.95. The topological polar surface area (TPSA) is 41.1 Å². The lowest BCUT2D eigenvalue weighted by Gasteiger charge is -2.30. The lowest BCUT2D eigenvalue weighted by Crippen LogP contribution is -2.37. The highest BCUT2D eigenvalue weighted by Gasteiger charge is 2.21. The van der Waals surface area contributed by atoms with Crippen LogP contribution in [0.15, 0.2) is 12.4 Å². The van der Waals surface area contributed by atoms with Gasteiger partial charge in [0.1, 0.15) is 5.82 Å². The van der Waals surface area contributed by atoms with E-state index in [1.807, 2.05) is 12.4 Å². The zero-order valence-corrected chi connectivity index (χ0v) is 14.0. The first-order chi connectivity index (χ1) is 9.99. The van der Waals surface area contributed by atoms with Gasteiger partial charge in [0.2, 0.25) is 0 Å². The fourth-order valence-electron chi connectivity index (χ4n) is 2.88. The maximum absolute atomic E-state index is 4.84. The molecule has 4 nitrogen and oxygen atoms in total. The van der Waals surface area contributed by atoms with Crippen LogP contribution in [-0.2, 0) is 6.54 Å². The van der Waals surface area contributed by atoms with E-state index in [9.17, 15) is 0 Å². The van der Waals surface area contributed by atoms with E-state index in [-0.39, 0.29) is 5.54 Å². The third-order valence-electron chi connectivity index (χ3n) is 4.11. The Morgan fingerprint density at radius 1 is 1.24 bits per heavy atom. The molecule has 21 heavy (non-hydrogen) atoms. The number of hydrogen-bond acceptors (Lipinski definition) is 4. The van der Waals surface area contributed by atoms with Gasteiger partial charge < -0.3 is 10.2 Å². The van der Waals surface area contributed by atoms with E-state index in [2.05, 4.69) is 42.9 Å². The SMILES string of the molecule is CCC1CCCCCN1c1cncc(CNC(C)(C)C)n1. The van der Waals surface area contributed by atoms with Crippen LogP contribution in [-0.4, -0.2) is 28.1 Å². The number of rotatable bonds is 4. The minimum atomic E-state index is 0.103. The summed E-state index contributed by atoms with van der Waals surface area (Å²) in [5.74, 6) is 1.05. The van der Waals surface area contributed by atoms with Gasteiger partial charge in [-0.3, -0.25) is 4.98 Å². The molecule has 1 fully saturated rings. The van der Waals surface area contributed by atoms with Crippen molar-refractivity contribution in [3.8, 4) is 0 Å². The van der Waals surface area contributed by atoms with Gasteiger partial charge in [-0.1, -0.05) is 19.8 Å². The smallest absolute Gasteiger partial charge is 0.147 e. The largest absolute Gasteiger partial charge is 0.352 e. The quantitative estimate of drug-likeness (QED) is 0.921. The van der Waals surface area contributed by atoms with Gasteiger partial charge in [-0.2, -0.15) is 0 Å². The van der Waals surface area contributed by atoms with Gasteiger partial charge in [-0.15, -0.1) is 0 Å². The molecule has 1 atom stereocenters. The molecule has 0 amide bonds. The lowest BCUT2D eigenvalue weighted by molar-refractivity contribution is 0.420. The van der Waals surface area contributed by atoms with Gasteiger partial charge in [0.15, 0.2) is 0 Å². The van der Waals surface area contributed by atoms with Gasteiger partial charge in [-0.05, 0) is 40.0 Å². The summed E-state index contributed by atoms with van der Waals surface area (Å²) in [6.07, 6.45) is 10.2. The summed E-state index contributed by atoms with van der Waals surface area (Å²) in [5.41, 5.74) is 1.13. The molecule has 1 unspecified atom stereocenters. The normalized spacial score (nSPS) is 20.4. The molecule has 118 valence electrons. The van der Waals surface area contributed by atoms with Crippen molar-refractivity contribution in [1.29, 1.82) is 0 Å². The first-order valence-electron chi connectivity index (χ1n) is 8.32. The number of aromatic nitrogens is 2. The standard InChI is InChI=1S/C17H30N4/c1-5-15-9-7-6-8-10-21(15)16-13-18-11-14(20-16)12-19-17(2,3)4/h11,13,15,19H,5-10,12H2,1-4H3. The molecule has 1 aromatic heterocycles. The van der Waals surface area contributed by atoms with Gasteiger partial charge >= 0.3 is 0 Å². The van der Waals surface area contributed by atoms with Crippen LogP contribution in [0.3, 0.4) is 0 Å². The van der Waals surface area contributed by atoms with Crippen LogP contribution in [0.1, 0.15) is 65.5 Å². The molecule has 1 N–H and O–H groups in total. The first-order valence-corrected chi connectivity index (χ1v) is 8.32. The molecule has 0 radical (unpaired) electrons. The molecule has 0 spiro atoms. The summed E-state index contributed by atoms with van der Waals surface area (Å²) >= 11 is 0. The third-order valence-corrected chi connectivity index (χ3v) is 4.11. The summed E-state index contributed by atoms with van der Waals surface area (Å²) in [6, 6.07) is 0.618. The lowest BCUT2D eigenvalue weighted by atomic mass is 10.1. The maximum Gasteiger partial charge on any atom is 0.147 e. The Kier molecular flexibility index (Phi) is 5.57. The van der Waals surface area contributed by atoms with E-state index in [1.54, 1.807) is 0 Å². The summed E-state index contributed by atoms with van der Waals surface area (Å²) in [4.78, 5) is 11.7. The van der Waals surface area contributed by atoms with Crippen molar-refractivity contribution in [3.63, 3.8) is 0 Å². The number of hydrogen-bond donors (Lipinski definition) is 1.